The molecule has 1 amide bonds. The molecular weight excluding hydrogens is 365 g/mol. The van der Waals surface area contributed by atoms with Gasteiger partial charge in [-0.1, -0.05) is 41.4 Å². The van der Waals surface area contributed by atoms with E-state index in [1.54, 1.807) is 36.4 Å². The highest BCUT2D eigenvalue weighted by atomic mass is 35.5. The minimum absolute atomic E-state index is 0.161. The molecule has 2 N–H and O–H groups in total. The standard InChI is InChI=1S/C17H13Cl2N3O3/c18-10-5-6-15(13(19)7-10)25-9-16(23)20-8-14-11-3-1-2-4-12(11)17(24)22-21-14/h1-7H,8-9H2,(H,20,23)(H,22,24). The molecule has 0 unspecified atom stereocenters. The first-order valence-corrected chi connectivity index (χ1v) is 8.11. The third-order valence-electron chi connectivity index (χ3n) is 3.48. The number of carbonyl (C=O) groups is 1. The number of benzene rings is 2. The first-order valence-electron chi connectivity index (χ1n) is 7.35. The maximum atomic E-state index is 12.0. The Labute approximate surface area is 152 Å². The molecule has 128 valence electrons. The van der Waals surface area contributed by atoms with Crippen LogP contribution in [-0.4, -0.2) is 22.7 Å². The minimum Gasteiger partial charge on any atom is -0.482 e. The Kier molecular flexibility index (Phi) is 5.21. The molecule has 0 fully saturated rings. The fourth-order valence-electron chi connectivity index (χ4n) is 2.28. The topological polar surface area (TPSA) is 84.1 Å². The Morgan fingerprint density at radius 2 is 1.92 bits per heavy atom. The Morgan fingerprint density at radius 3 is 2.68 bits per heavy atom. The number of aromatic nitrogens is 2. The maximum absolute atomic E-state index is 12.0. The van der Waals surface area contributed by atoms with E-state index in [0.717, 1.165) is 0 Å². The first kappa shape index (κ1) is 17.3. The summed E-state index contributed by atoms with van der Waals surface area (Å²) >= 11 is 11.8. The smallest absolute Gasteiger partial charge is 0.272 e. The normalized spacial score (nSPS) is 10.6. The average Bonchev–Trinajstić information content (AvgIpc) is 2.61. The number of aromatic amines is 1. The van der Waals surface area contributed by atoms with Crippen molar-refractivity contribution in [2.45, 2.75) is 6.54 Å². The highest BCUT2D eigenvalue weighted by molar-refractivity contribution is 6.35. The number of fused-ring (bicyclic) bond motifs is 1. The summed E-state index contributed by atoms with van der Waals surface area (Å²) in [5, 5.41) is 11.1. The van der Waals surface area contributed by atoms with E-state index in [0.29, 0.717) is 32.3 Å². The highest BCUT2D eigenvalue weighted by Crippen LogP contribution is 2.27. The van der Waals surface area contributed by atoms with Gasteiger partial charge in [0.2, 0.25) is 0 Å². The second-order valence-corrected chi connectivity index (χ2v) is 6.03. The van der Waals surface area contributed by atoms with Gasteiger partial charge in [0, 0.05) is 10.4 Å². The quantitative estimate of drug-likeness (QED) is 0.715. The van der Waals surface area contributed by atoms with Crippen molar-refractivity contribution >= 4 is 39.9 Å². The number of H-pyrrole nitrogens is 1. The number of hydrogen-bond acceptors (Lipinski definition) is 4. The number of halogens is 2. The minimum atomic E-state index is -0.344. The van der Waals surface area contributed by atoms with Crippen LogP contribution in [0.3, 0.4) is 0 Å². The lowest BCUT2D eigenvalue weighted by atomic mass is 10.1. The van der Waals surface area contributed by atoms with Gasteiger partial charge in [-0.3, -0.25) is 9.59 Å². The highest BCUT2D eigenvalue weighted by Gasteiger charge is 2.09. The van der Waals surface area contributed by atoms with Gasteiger partial charge in [-0.2, -0.15) is 5.10 Å². The van der Waals surface area contributed by atoms with Crippen molar-refractivity contribution in [1.29, 1.82) is 0 Å². The number of ether oxygens (including phenoxy) is 1. The number of nitrogens with zero attached hydrogens (tertiary/aromatic N) is 1. The molecule has 1 aromatic heterocycles. The summed E-state index contributed by atoms with van der Waals surface area (Å²) in [6.07, 6.45) is 0. The molecule has 0 spiro atoms. The number of nitrogens with one attached hydrogen (secondary N) is 2. The zero-order valence-electron chi connectivity index (χ0n) is 12.9. The van der Waals surface area contributed by atoms with Gasteiger partial charge in [0.05, 0.1) is 22.6 Å². The van der Waals surface area contributed by atoms with Crippen molar-refractivity contribution in [1.82, 2.24) is 15.5 Å². The van der Waals surface area contributed by atoms with Gasteiger partial charge in [0.25, 0.3) is 11.5 Å². The summed E-state index contributed by atoms with van der Waals surface area (Å²) in [5.74, 6) is 0.0249. The summed E-state index contributed by atoms with van der Waals surface area (Å²) in [7, 11) is 0. The molecule has 8 heteroatoms. The molecule has 3 rings (SSSR count). The van der Waals surface area contributed by atoms with Gasteiger partial charge < -0.3 is 10.1 Å². The summed E-state index contributed by atoms with van der Waals surface area (Å²) in [6, 6.07) is 11.8. The van der Waals surface area contributed by atoms with Gasteiger partial charge in [0.1, 0.15) is 5.75 Å². The first-order chi connectivity index (χ1) is 12.0. The van der Waals surface area contributed by atoms with Crippen LogP contribution in [0.15, 0.2) is 47.3 Å². The summed E-state index contributed by atoms with van der Waals surface area (Å²) in [4.78, 5) is 23.7. The second kappa shape index (κ2) is 7.55. The van der Waals surface area contributed by atoms with Gasteiger partial charge in [-0.25, -0.2) is 5.10 Å². The van der Waals surface area contributed by atoms with Crippen molar-refractivity contribution in [3.8, 4) is 5.75 Å². The van der Waals surface area contributed by atoms with Gasteiger partial charge in [0.15, 0.2) is 6.61 Å². The molecule has 0 saturated carbocycles. The summed E-state index contributed by atoms with van der Waals surface area (Å²) in [6.45, 7) is -0.0452. The molecule has 1 heterocycles. The molecule has 0 saturated heterocycles. The molecule has 25 heavy (non-hydrogen) atoms. The van der Waals surface area contributed by atoms with Crippen LogP contribution in [0, 0.1) is 0 Å². The van der Waals surface area contributed by atoms with E-state index in [4.69, 9.17) is 27.9 Å². The molecule has 0 aliphatic rings. The lowest BCUT2D eigenvalue weighted by Crippen LogP contribution is -2.29. The van der Waals surface area contributed by atoms with E-state index in [1.807, 2.05) is 0 Å². The van der Waals surface area contributed by atoms with Gasteiger partial charge in [-0.05, 0) is 24.3 Å². The fraction of sp³-hybridized carbons (Fsp3) is 0.118. The molecule has 0 aliphatic heterocycles. The van der Waals surface area contributed by atoms with Crippen LogP contribution in [0.25, 0.3) is 10.8 Å². The zero-order chi connectivity index (χ0) is 17.8. The van der Waals surface area contributed by atoms with Crippen molar-refractivity contribution in [2.75, 3.05) is 6.61 Å². The van der Waals surface area contributed by atoms with Gasteiger partial charge in [-0.15, -0.1) is 0 Å². The second-order valence-electron chi connectivity index (χ2n) is 5.19. The monoisotopic (exact) mass is 377 g/mol. The van der Waals surface area contributed by atoms with Crippen molar-refractivity contribution in [2.24, 2.45) is 0 Å². The van der Waals surface area contributed by atoms with E-state index in [1.165, 1.54) is 6.07 Å². The van der Waals surface area contributed by atoms with E-state index in [-0.39, 0.29) is 24.6 Å². The van der Waals surface area contributed by atoms with Crippen LogP contribution in [0.2, 0.25) is 10.0 Å². The number of amides is 1. The lowest BCUT2D eigenvalue weighted by Gasteiger charge is -2.09. The predicted octanol–water partition coefficient (Wildman–Crippen LogP) is 2.93. The van der Waals surface area contributed by atoms with E-state index in [9.17, 15) is 9.59 Å². The molecule has 6 nitrogen and oxygen atoms in total. The zero-order valence-corrected chi connectivity index (χ0v) is 14.4. The van der Waals surface area contributed by atoms with Crippen LogP contribution in [0.5, 0.6) is 5.75 Å². The Morgan fingerprint density at radius 1 is 1.16 bits per heavy atom. The molecule has 0 atom stereocenters. The SMILES string of the molecule is O=C(COc1ccc(Cl)cc1Cl)NCc1n[nH]c(=O)c2ccccc12. The van der Waals surface area contributed by atoms with Crippen LogP contribution < -0.4 is 15.6 Å². The van der Waals surface area contributed by atoms with Crippen LogP contribution >= 0.6 is 23.2 Å². The summed E-state index contributed by atoms with van der Waals surface area (Å²) < 4.78 is 5.37. The molecule has 0 bridgehead atoms. The van der Waals surface area contributed by atoms with Crippen molar-refractivity contribution in [3.63, 3.8) is 0 Å². The van der Waals surface area contributed by atoms with E-state index < -0.39 is 0 Å². The van der Waals surface area contributed by atoms with Crippen molar-refractivity contribution < 1.29 is 9.53 Å². The van der Waals surface area contributed by atoms with Gasteiger partial charge >= 0.3 is 0 Å². The molecule has 0 radical (unpaired) electrons. The summed E-state index contributed by atoms with van der Waals surface area (Å²) in [5.41, 5.74) is 0.291. The largest absolute Gasteiger partial charge is 0.482 e. The van der Waals surface area contributed by atoms with E-state index in [2.05, 4.69) is 15.5 Å². The third-order valence-corrected chi connectivity index (χ3v) is 4.01. The number of hydrogen-bond donors (Lipinski definition) is 2. The molecular formula is C17H13Cl2N3O3. The Bertz CT molecular complexity index is 988. The van der Waals surface area contributed by atoms with Crippen LogP contribution in [0.1, 0.15) is 5.69 Å². The maximum Gasteiger partial charge on any atom is 0.272 e. The molecule has 0 aliphatic carbocycles. The Balaban J connectivity index is 1.63. The number of carbonyl (C=O) groups excluding carboxylic acids is 1. The molecule has 3 aromatic rings. The van der Waals surface area contributed by atoms with E-state index >= 15 is 0 Å². The van der Waals surface area contributed by atoms with Crippen molar-refractivity contribution in [3.05, 3.63) is 68.6 Å². The third kappa shape index (κ3) is 4.10. The Hall–Kier alpha value is -2.57. The van der Waals surface area contributed by atoms with Crippen LogP contribution in [-0.2, 0) is 11.3 Å². The number of rotatable bonds is 5. The average molecular weight is 378 g/mol. The molecule has 2 aromatic carbocycles. The predicted molar refractivity (Wildman–Crippen MR) is 96.2 cm³/mol. The fourth-order valence-corrected chi connectivity index (χ4v) is 2.74. The van der Waals surface area contributed by atoms with Crippen LogP contribution in [0.4, 0.5) is 0 Å². The lowest BCUT2D eigenvalue weighted by molar-refractivity contribution is -0.123.